The maximum atomic E-state index is 12.6. The highest BCUT2D eigenvalue weighted by Gasteiger charge is 2.30. The SMILES string of the molecule is CC(C)(C)OC(=O)N1CCNC[C@@H]1CF. The Hall–Kier alpha value is -0.840. The molecule has 88 valence electrons. The number of carbonyl (C=O) groups excluding carboxylic acids is 1. The molecule has 0 unspecified atom stereocenters. The number of ether oxygens (including phenoxy) is 1. The fourth-order valence-corrected chi connectivity index (χ4v) is 1.46. The van der Waals surface area contributed by atoms with Crippen molar-refractivity contribution in [2.75, 3.05) is 26.3 Å². The minimum absolute atomic E-state index is 0.395. The quantitative estimate of drug-likeness (QED) is 0.718. The summed E-state index contributed by atoms with van der Waals surface area (Å²) < 4.78 is 17.8. The van der Waals surface area contributed by atoms with E-state index >= 15 is 0 Å². The van der Waals surface area contributed by atoms with Crippen LogP contribution in [0.15, 0.2) is 0 Å². The number of hydrogen-bond donors (Lipinski definition) is 1. The van der Waals surface area contributed by atoms with Gasteiger partial charge >= 0.3 is 6.09 Å². The first-order valence-electron chi connectivity index (χ1n) is 5.20. The van der Waals surface area contributed by atoms with Gasteiger partial charge in [0.05, 0.1) is 6.04 Å². The van der Waals surface area contributed by atoms with E-state index in [2.05, 4.69) is 5.32 Å². The third-order valence-electron chi connectivity index (χ3n) is 2.16. The van der Waals surface area contributed by atoms with Crippen LogP contribution < -0.4 is 5.32 Å². The largest absolute Gasteiger partial charge is 0.444 e. The minimum Gasteiger partial charge on any atom is -0.444 e. The predicted molar refractivity (Wildman–Crippen MR) is 55.6 cm³/mol. The zero-order valence-electron chi connectivity index (χ0n) is 9.55. The molecule has 1 N–H and O–H groups in total. The number of piperazine rings is 1. The van der Waals surface area contributed by atoms with Crippen molar-refractivity contribution in [3.8, 4) is 0 Å². The molecule has 0 aliphatic carbocycles. The van der Waals surface area contributed by atoms with E-state index in [1.54, 1.807) is 20.8 Å². The highest BCUT2D eigenvalue weighted by molar-refractivity contribution is 5.68. The number of alkyl halides is 1. The van der Waals surface area contributed by atoms with E-state index in [0.29, 0.717) is 19.6 Å². The molecule has 0 aromatic carbocycles. The Morgan fingerprint density at radius 1 is 1.60 bits per heavy atom. The zero-order valence-corrected chi connectivity index (χ0v) is 9.55. The van der Waals surface area contributed by atoms with Crippen molar-refractivity contribution < 1.29 is 13.9 Å². The molecule has 0 radical (unpaired) electrons. The molecule has 0 saturated carbocycles. The third-order valence-corrected chi connectivity index (χ3v) is 2.16. The number of nitrogens with one attached hydrogen (secondary N) is 1. The summed E-state index contributed by atoms with van der Waals surface area (Å²) in [5.74, 6) is 0. The molecule has 0 bridgehead atoms. The molecule has 0 aromatic heterocycles. The van der Waals surface area contributed by atoms with Gasteiger partial charge in [-0.2, -0.15) is 0 Å². The molecule has 15 heavy (non-hydrogen) atoms. The fourth-order valence-electron chi connectivity index (χ4n) is 1.46. The smallest absolute Gasteiger partial charge is 0.410 e. The van der Waals surface area contributed by atoms with Gasteiger partial charge < -0.3 is 15.0 Å². The molecule has 0 aromatic rings. The van der Waals surface area contributed by atoms with Crippen molar-refractivity contribution in [2.45, 2.75) is 32.4 Å². The summed E-state index contributed by atoms with van der Waals surface area (Å²) in [5.41, 5.74) is -0.525. The molecule has 1 aliphatic heterocycles. The van der Waals surface area contributed by atoms with Gasteiger partial charge in [-0.15, -0.1) is 0 Å². The molecule has 1 fully saturated rings. The summed E-state index contributed by atoms with van der Waals surface area (Å²) in [6.45, 7) is 6.56. The van der Waals surface area contributed by atoms with E-state index in [0.717, 1.165) is 0 Å². The van der Waals surface area contributed by atoms with Crippen molar-refractivity contribution in [2.24, 2.45) is 0 Å². The van der Waals surface area contributed by atoms with Crippen LogP contribution in [0.25, 0.3) is 0 Å². The van der Waals surface area contributed by atoms with Gasteiger partial charge in [-0.25, -0.2) is 9.18 Å². The van der Waals surface area contributed by atoms with Crippen LogP contribution in [0.3, 0.4) is 0 Å². The van der Waals surface area contributed by atoms with E-state index in [1.165, 1.54) is 4.90 Å². The van der Waals surface area contributed by atoms with Crippen LogP contribution in [0, 0.1) is 0 Å². The second-order valence-corrected chi connectivity index (χ2v) is 4.69. The van der Waals surface area contributed by atoms with E-state index in [-0.39, 0.29) is 0 Å². The summed E-state index contributed by atoms with van der Waals surface area (Å²) in [4.78, 5) is 13.2. The number of halogens is 1. The third kappa shape index (κ3) is 3.66. The van der Waals surface area contributed by atoms with Crippen LogP contribution in [0.5, 0.6) is 0 Å². The number of hydrogen-bond acceptors (Lipinski definition) is 3. The monoisotopic (exact) mass is 218 g/mol. The summed E-state index contributed by atoms with van der Waals surface area (Å²) in [7, 11) is 0. The predicted octanol–water partition coefficient (Wildman–Crippen LogP) is 1.16. The highest BCUT2D eigenvalue weighted by Crippen LogP contribution is 2.13. The van der Waals surface area contributed by atoms with Crippen LogP contribution in [-0.4, -0.2) is 48.9 Å². The molecule has 1 heterocycles. The van der Waals surface area contributed by atoms with Crippen molar-refractivity contribution >= 4 is 6.09 Å². The molecule has 0 spiro atoms. The first-order chi connectivity index (χ1) is 6.94. The maximum Gasteiger partial charge on any atom is 0.410 e. The Balaban J connectivity index is 2.56. The zero-order chi connectivity index (χ0) is 11.5. The van der Waals surface area contributed by atoms with Crippen LogP contribution in [0.2, 0.25) is 0 Å². The molecule has 1 amide bonds. The van der Waals surface area contributed by atoms with Gasteiger partial charge in [0.15, 0.2) is 0 Å². The van der Waals surface area contributed by atoms with Gasteiger partial charge in [0.25, 0.3) is 0 Å². The van der Waals surface area contributed by atoms with E-state index in [9.17, 15) is 9.18 Å². The van der Waals surface area contributed by atoms with E-state index in [1.807, 2.05) is 0 Å². The number of carbonyl (C=O) groups is 1. The van der Waals surface area contributed by atoms with Gasteiger partial charge in [0.1, 0.15) is 12.3 Å². The lowest BCUT2D eigenvalue weighted by molar-refractivity contribution is 0.00927. The Morgan fingerprint density at radius 3 is 2.80 bits per heavy atom. The standard InChI is InChI=1S/C10H19FN2O2/c1-10(2,3)15-9(14)13-5-4-12-7-8(13)6-11/h8,12H,4-7H2,1-3H3/t8-/m0/s1. The molecule has 1 atom stereocenters. The first kappa shape index (κ1) is 12.2. The lowest BCUT2D eigenvalue weighted by Crippen LogP contribution is -2.55. The molecule has 5 heteroatoms. The lowest BCUT2D eigenvalue weighted by atomic mass is 10.2. The second kappa shape index (κ2) is 4.79. The molecular weight excluding hydrogens is 199 g/mol. The summed E-state index contributed by atoms with van der Waals surface area (Å²) >= 11 is 0. The topological polar surface area (TPSA) is 41.6 Å². The number of amides is 1. The normalized spacial score (nSPS) is 22.7. The molecule has 1 rings (SSSR count). The van der Waals surface area contributed by atoms with Gasteiger partial charge in [0, 0.05) is 19.6 Å². The first-order valence-corrected chi connectivity index (χ1v) is 5.20. The van der Waals surface area contributed by atoms with Gasteiger partial charge in [0.2, 0.25) is 0 Å². The van der Waals surface area contributed by atoms with Gasteiger partial charge in [-0.3, -0.25) is 0 Å². The minimum atomic E-state index is -0.535. The van der Waals surface area contributed by atoms with E-state index in [4.69, 9.17) is 4.74 Å². The van der Waals surface area contributed by atoms with Gasteiger partial charge in [-0.1, -0.05) is 0 Å². The van der Waals surface area contributed by atoms with Gasteiger partial charge in [-0.05, 0) is 20.8 Å². The number of nitrogens with zero attached hydrogens (tertiary/aromatic N) is 1. The molecular formula is C10H19FN2O2. The van der Waals surface area contributed by atoms with Crippen LogP contribution in [-0.2, 0) is 4.74 Å². The molecule has 1 aliphatic rings. The summed E-state index contributed by atoms with van der Waals surface area (Å²) in [5, 5.41) is 3.04. The average Bonchev–Trinajstić information content (AvgIpc) is 2.15. The van der Waals surface area contributed by atoms with Crippen molar-refractivity contribution in [1.82, 2.24) is 10.2 Å². The average molecular weight is 218 g/mol. The second-order valence-electron chi connectivity index (χ2n) is 4.69. The maximum absolute atomic E-state index is 12.6. The Kier molecular flexibility index (Phi) is 3.90. The fraction of sp³-hybridized carbons (Fsp3) is 0.900. The Labute approximate surface area is 89.8 Å². The van der Waals surface area contributed by atoms with Crippen molar-refractivity contribution in [3.63, 3.8) is 0 Å². The van der Waals surface area contributed by atoms with Crippen LogP contribution in [0.1, 0.15) is 20.8 Å². The van der Waals surface area contributed by atoms with Crippen molar-refractivity contribution in [3.05, 3.63) is 0 Å². The summed E-state index contributed by atoms with van der Waals surface area (Å²) in [6, 6.07) is -0.395. The highest BCUT2D eigenvalue weighted by atomic mass is 19.1. The molecule has 1 saturated heterocycles. The molecule has 4 nitrogen and oxygen atoms in total. The van der Waals surface area contributed by atoms with Crippen LogP contribution >= 0.6 is 0 Å². The Bertz CT molecular complexity index is 228. The number of rotatable bonds is 1. The van der Waals surface area contributed by atoms with E-state index < -0.39 is 24.4 Å². The lowest BCUT2D eigenvalue weighted by Gasteiger charge is -2.35. The Morgan fingerprint density at radius 2 is 2.27 bits per heavy atom. The van der Waals surface area contributed by atoms with Crippen molar-refractivity contribution in [1.29, 1.82) is 0 Å². The van der Waals surface area contributed by atoms with Crippen LogP contribution in [0.4, 0.5) is 9.18 Å². The summed E-state index contributed by atoms with van der Waals surface area (Å²) in [6.07, 6.45) is -0.424.